The number of aromatic amines is 1. The third-order valence-electron chi connectivity index (χ3n) is 5.34. The summed E-state index contributed by atoms with van der Waals surface area (Å²) in [7, 11) is 0. The first-order chi connectivity index (χ1) is 17.3. The SMILES string of the molecule is CCc1c(C)nc(-n2nc(-c3cccs3)cc2NC(=O)c2cc(C(F)(F)F)cc(C(F)(F)F)c2)[nH]c1=O. The molecule has 0 saturated heterocycles. The molecule has 37 heavy (non-hydrogen) atoms. The van der Waals surface area contributed by atoms with Crippen molar-refractivity contribution in [1.29, 1.82) is 0 Å². The number of amides is 1. The van der Waals surface area contributed by atoms with Crippen LogP contribution >= 0.6 is 11.3 Å². The van der Waals surface area contributed by atoms with Crippen LogP contribution in [0.3, 0.4) is 0 Å². The number of aryl methyl sites for hydroxylation is 1. The summed E-state index contributed by atoms with van der Waals surface area (Å²) in [6.45, 7) is 3.36. The van der Waals surface area contributed by atoms with Crippen molar-refractivity contribution in [2.24, 2.45) is 0 Å². The molecule has 2 N–H and O–H groups in total. The minimum absolute atomic E-state index is 0.0668. The molecular formula is C23H17F6N5O2S. The highest BCUT2D eigenvalue weighted by Crippen LogP contribution is 2.36. The van der Waals surface area contributed by atoms with E-state index in [4.69, 9.17) is 0 Å². The maximum Gasteiger partial charge on any atom is 0.416 e. The van der Waals surface area contributed by atoms with Gasteiger partial charge in [-0.2, -0.15) is 36.1 Å². The number of nitrogens with zero attached hydrogens (tertiary/aromatic N) is 3. The third-order valence-corrected chi connectivity index (χ3v) is 6.23. The first-order valence-electron chi connectivity index (χ1n) is 10.6. The Kier molecular flexibility index (Phi) is 6.71. The predicted molar refractivity (Wildman–Crippen MR) is 124 cm³/mol. The average molecular weight is 541 g/mol. The average Bonchev–Trinajstić information content (AvgIpc) is 3.47. The number of rotatable bonds is 5. The largest absolute Gasteiger partial charge is 0.416 e. The monoisotopic (exact) mass is 541 g/mol. The fourth-order valence-electron chi connectivity index (χ4n) is 3.56. The third kappa shape index (κ3) is 5.43. The molecule has 0 bridgehead atoms. The Bertz CT molecular complexity index is 1490. The quantitative estimate of drug-likeness (QED) is 0.311. The number of thiophene rings is 1. The van der Waals surface area contributed by atoms with Gasteiger partial charge >= 0.3 is 12.4 Å². The van der Waals surface area contributed by atoms with E-state index in [1.54, 1.807) is 31.4 Å². The van der Waals surface area contributed by atoms with Gasteiger partial charge in [0, 0.05) is 22.9 Å². The fraction of sp³-hybridized carbons (Fsp3) is 0.217. The van der Waals surface area contributed by atoms with Gasteiger partial charge in [0.15, 0.2) is 0 Å². The summed E-state index contributed by atoms with van der Waals surface area (Å²) in [5, 5.41) is 8.40. The summed E-state index contributed by atoms with van der Waals surface area (Å²) in [6.07, 6.45) is -9.84. The molecule has 7 nitrogen and oxygen atoms in total. The smallest absolute Gasteiger partial charge is 0.306 e. The lowest BCUT2D eigenvalue weighted by atomic mass is 10.0. The molecule has 4 rings (SSSR count). The second kappa shape index (κ2) is 9.50. The molecule has 0 fully saturated rings. The van der Waals surface area contributed by atoms with Gasteiger partial charge < -0.3 is 5.32 Å². The van der Waals surface area contributed by atoms with Crippen molar-refractivity contribution in [2.45, 2.75) is 32.6 Å². The summed E-state index contributed by atoms with van der Waals surface area (Å²) in [6, 6.07) is 5.40. The van der Waals surface area contributed by atoms with Gasteiger partial charge in [0.2, 0.25) is 5.95 Å². The van der Waals surface area contributed by atoms with Gasteiger partial charge in [0.1, 0.15) is 11.5 Å². The molecule has 0 aliphatic rings. The minimum atomic E-state index is -5.12. The Balaban J connectivity index is 1.81. The molecule has 0 radical (unpaired) electrons. The highest BCUT2D eigenvalue weighted by atomic mass is 32.1. The maximum absolute atomic E-state index is 13.3. The number of carbonyl (C=O) groups is 1. The number of anilines is 1. The minimum Gasteiger partial charge on any atom is -0.306 e. The Labute approximate surface area is 208 Å². The molecule has 194 valence electrons. The Hall–Kier alpha value is -3.94. The van der Waals surface area contributed by atoms with E-state index in [1.165, 1.54) is 17.4 Å². The van der Waals surface area contributed by atoms with E-state index in [1.807, 2.05) is 0 Å². The number of hydrogen-bond acceptors (Lipinski definition) is 5. The zero-order chi connectivity index (χ0) is 27.1. The lowest BCUT2D eigenvalue weighted by Gasteiger charge is -2.14. The molecule has 0 spiro atoms. The van der Waals surface area contributed by atoms with Crippen LogP contribution in [0.4, 0.5) is 32.2 Å². The van der Waals surface area contributed by atoms with E-state index in [9.17, 15) is 35.9 Å². The summed E-state index contributed by atoms with van der Waals surface area (Å²) in [5.74, 6) is -1.48. The normalized spacial score (nSPS) is 12.1. The molecule has 0 aliphatic carbocycles. The van der Waals surface area contributed by atoms with Gasteiger partial charge in [-0.05, 0) is 43.0 Å². The zero-order valence-corrected chi connectivity index (χ0v) is 19.9. The van der Waals surface area contributed by atoms with Gasteiger partial charge in [-0.25, -0.2) is 4.98 Å². The molecule has 14 heteroatoms. The van der Waals surface area contributed by atoms with E-state index >= 15 is 0 Å². The number of aromatic nitrogens is 4. The summed E-state index contributed by atoms with van der Waals surface area (Å²) < 4.78 is 80.6. The van der Waals surface area contributed by atoms with Crippen LogP contribution in [0.15, 0.2) is 46.6 Å². The van der Waals surface area contributed by atoms with Crippen molar-refractivity contribution in [2.75, 3.05) is 5.32 Å². The molecule has 1 aromatic carbocycles. The number of halogens is 6. The predicted octanol–water partition coefficient (Wildman–Crippen LogP) is 5.84. The van der Waals surface area contributed by atoms with E-state index in [0.717, 1.165) is 4.68 Å². The van der Waals surface area contributed by atoms with Crippen molar-refractivity contribution in [1.82, 2.24) is 19.7 Å². The number of H-pyrrole nitrogens is 1. The number of carbonyl (C=O) groups excluding carboxylic acids is 1. The number of nitrogens with one attached hydrogen (secondary N) is 2. The van der Waals surface area contributed by atoms with Crippen LogP contribution in [0.1, 0.15) is 39.7 Å². The molecule has 0 unspecified atom stereocenters. The van der Waals surface area contributed by atoms with Gasteiger partial charge in [-0.15, -0.1) is 11.3 Å². The second-order valence-electron chi connectivity index (χ2n) is 7.86. The summed E-state index contributed by atoms with van der Waals surface area (Å²) >= 11 is 1.30. The van der Waals surface area contributed by atoms with Crippen LogP contribution in [-0.2, 0) is 18.8 Å². The molecule has 4 aromatic rings. The first-order valence-corrected chi connectivity index (χ1v) is 11.5. The van der Waals surface area contributed by atoms with Crippen molar-refractivity contribution in [3.8, 4) is 16.5 Å². The highest BCUT2D eigenvalue weighted by molar-refractivity contribution is 7.13. The van der Waals surface area contributed by atoms with Crippen LogP contribution in [0.25, 0.3) is 16.5 Å². The molecule has 0 aliphatic heterocycles. The molecule has 3 aromatic heterocycles. The maximum atomic E-state index is 13.3. The van der Waals surface area contributed by atoms with Gasteiger partial charge in [0.25, 0.3) is 11.5 Å². The topological polar surface area (TPSA) is 92.7 Å². The van der Waals surface area contributed by atoms with Gasteiger partial charge in [-0.1, -0.05) is 13.0 Å². The number of alkyl halides is 6. The Morgan fingerprint density at radius 2 is 1.73 bits per heavy atom. The van der Waals surface area contributed by atoms with Crippen molar-refractivity contribution in [3.63, 3.8) is 0 Å². The standard InChI is InChI=1S/C23H17F6N5O2S/c1-3-15-11(2)30-21(32-20(15)36)34-18(10-16(33-34)17-5-4-6-37-17)31-19(35)12-7-13(22(24,25)26)9-14(8-12)23(27,28)29/h4-10H,3H2,1-2H3,(H,31,35)(H,30,32,36). The van der Waals surface area contributed by atoms with E-state index < -0.39 is 40.5 Å². The van der Waals surface area contributed by atoms with Gasteiger partial charge in [0.05, 0.1) is 16.0 Å². The van der Waals surface area contributed by atoms with E-state index in [-0.39, 0.29) is 17.8 Å². The van der Waals surface area contributed by atoms with E-state index in [0.29, 0.717) is 40.4 Å². The Morgan fingerprint density at radius 1 is 1.08 bits per heavy atom. The van der Waals surface area contributed by atoms with Crippen LogP contribution in [0, 0.1) is 6.92 Å². The van der Waals surface area contributed by atoms with Crippen LogP contribution in [0.2, 0.25) is 0 Å². The summed E-state index contributed by atoms with van der Waals surface area (Å²) in [4.78, 5) is 32.9. The van der Waals surface area contributed by atoms with Crippen molar-refractivity contribution in [3.05, 3.63) is 80.1 Å². The molecule has 0 saturated carbocycles. The Morgan fingerprint density at radius 3 is 2.24 bits per heavy atom. The lowest BCUT2D eigenvalue weighted by Crippen LogP contribution is -2.22. The van der Waals surface area contributed by atoms with Gasteiger partial charge in [-0.3, -0.25) is 14.6 Å². The van der Waals surface area contributed by atoms with Crippen LogP contribution in [0.5, 0.6) is 0 Å². The van der Waals surface area contributed by atoms with Crippen molar-refractivity contribution >= 4 is 23.1 Å². The van der Waals surface area contributed by atoms with E-state index in [2.05, 4.69) is 20.4 Å². The number of hydrogen-bond donors (Lipinski definition) is 2. The van der Waals surface area contributed by atoms with Crippen LogP contribution in [-0.4, -0.2) is 25.7 Å². The first kappa shape index (κ1) is 26.1. The van der Waals surface area contributed by atoms with Crippen molar-refractivity contribution < 1.29 is 31.1 Å². The van der Waals surface area contributed by atoms with Crippen LogP contribution < -0.4 is 10.9 Å². The highest BCUT2D eigenvalue weighted by Gasteiger charge is 2.37. The summed E-state index contributed by atoms with van der Waals surface area (Å²) in [5.41, 5.74) is -3.45. The lowest BCUT2D eigenvalue weighted by molar-refractivity contribution is -0.143. The molecular weight excluding hydrogens is 524 g/mol. The number of benzene rings is 1. The molecule has 1 amide bonds. The molecule has 0 atom stereocenters. The molecule has 3 heterocycles. The fourth-order valence-corrected chi connectivity index (χ4v) is 4.24. The second-order valence-corrected chi connectivity index (χ2v) is 8.81. The zero-order valence-electron chi connectivity index (χ0n) is 19.1.